The SMILES string of the molecule is CC(C)CN1CCO[C@@H](CCNC(=O)c2cccc3nnnn23)C1. The summed E-state index contributed by atoms with van der Waals surface area (Å²) in [5.41, 5.74) is 0.992. The standard InChI is InChI=1S/C16H24N6O2/c1-12(2)10-21-8-9-24-13(11-21)6-7-17-16(23)14-4-3-5-15-18-19-20-22(14)15/h3-5,12-13H,6-11H2,1-2H3,(H,17,23)/t13-/m0/s1. The highest BCUT2D eigenvalue weighted by molar-refractivity contribution is 5.92. The first kappa shape index (κ1) is 16.8. The number of tetrazole rings is 1. The molecule has 0 aliphatic carbocycles. The van der Waals surface area contributed by atoms with Crippen molar-refractivity contribution in [2.24, 2.45) is 5.92 Å². The van der Waals surface area contributed by atoms with Gasteiger partial charge in [-0.3, -0.25) is 9.69 Å². The number of aromatic nitrogens is 4. The van der Waals surface area contributed by atoms with E-state index in [9.17, 15) is 4.79 Å². The quantitative estimate of drug-likeness (QED) is 0.834. The number of morpholine rings is 1. The van der Waals surface area contributed by atoms with Crippen LogP contribution in [0.3, 0.4) is 0 Å². The van der Waals surface area contributed by atoms with E-state index >= 15 is 0 Å². The van der Waals surface area contributed by atoms with Crippen molar-refractivity contribution in [3.63, 3.8) is 0 Å². The molecule has 1 N–H and O–H groups in total. The molecule has 0 saturated carbocycles. The van der Waals surface area contributed by atoms with Crippen molar-refractivity contribution in [3.05, 3.63) is 23.9 Å². The van der Waals surface area contributed by atoms with E-state index in [0.29, 0.717) is 23.8 Å². The summed E-state index contributed by atoms with van der Waals surface area (Å²) in [5.74, 6) is 0.475. The fraction of sp³-hybridized carbons (Fsp3) is 0.625. The Bertz CT molecular complexity index is 686. The number of carbonyl (C=O) groups excluding carboxylic acids is 1. The molecule has 0 aromatic carbocycles. The second-order valence-electron chi connectivity index (χ2n) is 6.55. The largest absolute Gasteiger partial charge is 0.375 e. The summed E-state index contributed by atoms with van der Waals surface area (Å²) < 4.78 is 7.25. The number of hydrogen-bond acceptors (Lipinski definition) is 6. The molecule has 1 atom stereocenters. The Labute approximate surface area is 141 Å². The molecule has 0 bridgehead atoms. The van der Waals surface area contributed by atoms with Gasteiger partial charge in [-0.2, -0.15) is 4.52 Å². The van der Waals surface area contributed by atoms with Crippen LogP contribution in [0.4, 0.5) is 0 Å². The van der Waals surface area contributed by atoms with Gasteiger partial charge in [-0.1, -0.05) is 19.9 Å². The van der Waals surface area contributed by atoms with E-state index in [1.54, 1.807) is 18.2 Å². The van der Waals surface area contributed by atoms with Gasteiger partial charge < -0.3 is 10.1 Å². The summed E-state index contributed by atoms with van der Waals surface area (Å²) >= 11 is 0. The molecular formula is C16H24N6O2. The van der Waals surface area contributed by atoms with Crippen molar-refractivity contribution in [3.8, 4) is 0 Å². The number of nitrogens with zero attached hydrogens (tertiary/aromatic N) is 5. The highest BCUT2D eigenvalue weighted by Crippen LogP contribution is 2.10. The summed E-state index contributed by atoms with van der Waals surface area (Å²) in [5, 5.41) is 14.2. The van der Waals surface area contributed by atoms with Gasteiger partial charge in [0.05, 0.1) is 12.7 Å². The third-order valence-electron chi connectivity index (χ3n) is 4.05. The first-order valence-corrected chi connectivity index (χ1v) is 8.43. The summed E-state index contributed by atoms with van der Waals surface area (Å²) in [6.07, 6.45) is 0.966. The average molecular weight is 332 g/mol. The van der Waals surface area contributed by atoms with E-state index in [1.165, 1.54) is 4.52 Å². The van der Waals surface area contributed by atoms with Crippen molar-refractivity contribution in [1.82, 2.24) is 30.3 Å². The molecule has 8 heteroatoms. The monoisotopic (exact) mass is 332 g/mol. The maximum absolute atomic E-state index is 12.3. The Morgan fingerprint density at radius 2 is 2.33 bits per heavy atom. The molecule has 8 nitrogen and oxygen atoms in total. The minimum atomic E-state index is -0.178. The molecule has 1 aliphatic heterocycles. The zero-order chi connectivity index (χ0) is 16.9. The molecule has 0 radical (unpaired) electrons. The summed E-state index contributed by atoms with van der Waals surface area (Å²) in [7, 11) is 0. The van der Waals surface area contributed by atoms with Gasteiger partial charge >= 0.3 is 0 Å². The Morgan fingerprint density at radius 1 is 1.46 bits per heavy atom. The molecule has 1 fully saturated rings. The molecule has 1 saturated heterocycles. The van der Waals surface area contributed by atoms with Crippen LogP contribution in [0.5, 0.6) is 0 Å². The number of hydrogen-bond donors (Lipinski definition) is 1. The molecule has 1 aliphatic rings. The van der Waals surface area contributed by atoms with Gasteiger partial charge in [-0.05, 0) is 34.9 Å². The number of amides is 1. The highest BCUT2D eigenvalue weighted by Gasteiger charge is 2.21. The van der Waals surface area contributed by atoms with Crippen molar-refractivity contribution >= 4 is 11.6 Å². The predicted molar refractivity (Wildman–Crippen MR) is 88.8 cm³/mol. The van der Waals surface area contributed by atoms with Gasteiger partial charge in [0.2, 0.25) is 0 Å². The van der Waals surface area contributed by atoms with Crippen LogP contribution < -0.4 is 5.32 Å². The van der Waals surface area contributed by atoms with Crippen LogP contribution in [0.25, 0.3) is 5.65 Å². The molecule has 130 valence electrons. The van der Waals surface area contributed by atoms with Crippen LogP contribution in [0.15, 0.2) is 18.2 Å². The lowest BCUT2D eigenvalue weighted by atomic mass is 10.1. The first-order chi connectivity index (χ1) is 11.6. The van der Waals surface area contributed by atoms with Crippen LogP contribution in [0.1, 0.15) is 30.8 Å². The number of pyridine rings is 1. The summed E-state index contributed by atoms with van der Waals surface area (Å²) in [6, 6.07) is 5.24. The molecular weight excluding hydrogens is 308 g/mol. The second kappa shape index (κ2) is 7.67. The molecule has 3 heterocycles. The van der Waals surface area contributed by atoms with Gasteiger partial charge in [0, 0.05) is 26.2 Å². The second-order valence-corrected chi connectivity index (χ2v) is 6.55. The predicted octanol–water partition coefficient (Wildman–Crippen LogP) is 0.601. The minimum absolute atomic E-state index is 0.168. The molecule has 3 rings (SSSR count). The summed E-state index contributed by atoms with van der Waals surface area (Å²) in [6.45, 7) is 8.79. The van der Waals surface area contributed by atoms with Crippen molar-refractivity contribution in [2.45, 2.75) is 26.4 Å². The summed E-state index contributed by atoms with van der Waals surface area (Å²) in [4.78, 5) is 14.8. The lowest BCUT2D eigenvalue weighted by Gasteiger charge is -2.34. The lowest BCUT2D eigenvalue weighted by Crippen LogP contribution is -2.45. The Morgan fingerprint density at radius 3 is 3.17 bits per heavy atom. The van der Waals surface area contributed by atoms with E-state index < -0.39 is 0 Å². The number of carbonyl (C=O) groups is 1. The van der Waals surface area contributed by atoms with E-state index in [2.05, 4.69) is 39.6 Å². The zero-order valence-electron chi connectivity index (χ0n) is 14.2. The van der Waals surface area contributed by atoms with Crippen LogP contribution in [-0.2, 0) is 4.74 Å². The third-order valence-corrected chi connectivity index (χ3v) is 4.05. The van der Waals surface area contributed by atoms with Crippen molar-refractivity contribution < 1.29 is 9.53 Å². The maximum atomic E-state index is 12.3. The zero-order valence-corrected chi connectivity index (χ0v) is 14.2. The number of ether oxygens (including phenoxy) is 1. The Balaban J connectivity index is 1.49. The van der Waals surface area contributed by atoms with Crippen LogP contribution in [0.2, 0.25) is 0 Å². The molecule has 0 spiro atoms. The van der Waals surface area contributed by atoms with Crippen LogP contribution in [0, 0.1) is 5.92 Å². The van der Waals surface area contributed by atoms with Gasteiger partial charge in [-0.15, -0.1) is 5.10 Å². The van der Waals surface area contributed by atoms with Crippen LogP contribution >= 0.6 is 0 Å². The van der Waals surface area contributed by atoms with Gasteiger partial charge in [0.25, 0.3) is 5.91 Å². The van der Waals surface area contributed by atoms with E-state index in [0.717, 1.165) is 32.7 Å². The van der Waals surface area contributed by atoms with Crippen molar-refractivity contribution in [1.29, 1.82) is 0 Å². The van der Waals surface area contributed by atoms with Gasteiger partial charge in [-0.25, -0.2) is 0 Å². The van der Waals surface area contributed by atoms with E-state index in [4.69, 9.17) is 4.74 Å². The van der Waals surface area contributed by atoms with Crippen LogP contribution in [-0.4, -0.2) is 69.7 Å². The fourth-order valence-electron chi connectivity index (χ4n) is 3.01. The molecule has 24 heavy (non-hydrogen) atoms. The average Bonchev–Trinajstić information content (AvgIpc) is 3.03. The smallest absolute Gasteiger partial charge is 0.270 e. The van der Waals surface area contributed by atoms with Crippen molar-refractivity contribution in [2.75, 3.05) is 32.8 Å². The molecule has 2 aromatic heterocycles. The molecule has 0 unspecified atom stereocenters. The molecule has 1 amide bonds. The third kappa shape index (κ3) is 4.07. The fourth-order valence-corrected chi connectivity index (χ4v) is 3.01. The highest BCUT2D eigenvalue weighted by atomic mass is 16.5. The molecule has 2 aromatic rings. The Hall–Kier alpha value is -2.06. The first-order valence-electron chi connectivity index (χ1n) is 8.43. The topological polar surface area (TPSA) is 84.6 Å². The maximum Gasteiger partial charge on any atom is 0.270 e. The Kier molecular flexibility index (Phi) is 5.37. The number of rotatable bonds is 6. The minimum Gasteiger partial charge on any atom is -0.375 e. The van der Waals surface area contributed by atoms with Gasteiger partial charge in [0.1, 0.15) is 5.69 Å². The van der Waals surface area contributed by atoms with E-state index in [1.807, 2.05) is 0 Å². The number of nitrogens with one attached hydrogen (secondary N) is 1. The van der Waals surface area contributed by atoms with E-state index in [-0.39, 0.29) is 12.0 Å². The van der Waals surface area contributed by atoms with Gasteiger partial charge in [0.15, 0.2) is 5.65 Å². The number of fused-ring (bicyclic) bond motifs is 1. The normalized spacial score (nSPS) is 19.0. The lowest BCUT2D eigenvalue weighted by molar-refractivity contribution is -0.0344.